The van der Waals surface area contributed by atoms with E-state index >= 15 is 0 Å². The number of nitrogens with zero attached hydrogens (tertiary/aromatic N) is 1. The Balaban J connectivity index is 2.55. The Bertz CT molecular complexity index is 508. The number of carbonyl (C=O) groups is 2. The van der Waals surface area contributed by atoms with E-state index in [0.29, 0.717) is 0 Å². The Kier molecular flexibility index (Phi) is 2.65. The van der Waals surface area contributed by atoms with Gasteiger partial charge in [-0.3, -0.25) is 9.59 Å². The lowest BCUT2D eigenvalue weighted by atomic mass is 10.0. The van der Waals surface area contributed by atoms with Gasteiger partial charge in [-0.15, -0.1) is 0 Å². The molecule has 0 bridgehead atoms. The van der Waals surface area contributed by atoms with Gasteiger partial charge >= 0.3 is 0 Å². The first-order valence-corrected chi connectivity index (χ1v) is 5.57. The highest BCUT2D eigenvalue weighted by Gasteiger charge is 2.36. The number of rotatable bonds is 1. The summed E-state index contributed by atoms with van der Waals surface area (Å²) in [7, 11) is 1.74. The molecular formula is C13H16N2O2. The zero-order valence-electron chi connectivity index (χ0n) is 10.5. The molecule has 0 aliphatic carbocycles. The van der Waals surface area contributed by atoms with Gasteiger partial charge in [0.25, 0.3) is 5.91 Å². The zero-order chi connectivity index (χ0) is 12.7. The smallest absolute Gasteiger partial charge is 0.254 e. The monoisotopic (exact) mass is 232 g/mol. The molecule has 0 radical (unpaired) electrons. The SMILES string of the molecule is CC(=O)N[C@@H]1C(=O)N(C)c2c(C)cc(C)cc21. The Morgan fingerprint density at radius 1 is 1.35 bits per heavy atom. The van der Waals surface area contributed by atoms with Gasteiger partial charge in [-0.2, -0.15) is 0 Å². The molecule has 4 heteroatoms. The van der Waals surface area contributed by atoms with Gasteiger partial charge < -0.3 is 10.2 Å². The van der Waals surface area contributed by atoms with Gasteiger partial charge in [-0.05, 0) is 19.4 Å². The fourth-order valence-electron chi connectivity index (χ4n) is 2.45. The van der Waals surface area contributed by atoms with Crippen LogP contribution in [0.3, 0.4) is 0 Å². The second-order valence-electron chi connectivity index (χ2n) is 4.55. The molecule has 0 fully saturated rings. The Hall–Kier alpha value is -1.84. The van der Waals surface area contributed by atoms with Crippen molar-refractivity contribution < 1.29 is 9.59 Å². The van der Waals surface area contributed by atoms with Crippen molar-refractivity contribution >= 4 is 17.5 Å². The lowest BCUT2D eigenvalue weighted by Crippen LogP contribution is -2.34. The first-order valence-electron chi connectivity index (χ1n) is 5.57. The topological polar surface area (TPSA) is 49.4 Å². The van der Waals surface area contributed by atoms with Crippen molar-refractivity contribution in [3.05, 3.63) is 28.8 Å². The normalized spacial score (nSPS) is 18.2. The molecule has 1 aliphatic rings. The second kappa shape index (κ2) is 3.87. The van der Waals surface area contributed by atoms with Crippen molar-refractivity contribution in [3.8, 4) is 0 Å². The molecule has 1 atom stereocenters. The molecule has 1 aliphatic heterocycles. The number of benzene rings is 1. The fraction of sp³-hybridized carbons (Fsp3) is 0.385. The molecule has 0 spiro atoms. The molecule has 2 amide bonds. The summed E-state index contributed by atoms with van der Waals surface area (Å²) in [5, 5.41) is 2.70. The van der Waals surface area contributed by atoms with Crippen LogP contribution in [0.2, 0.25) is 0 Å². The maximum Gasteiger partial charge on any atom is 0.254 e. The third-order valence-corrected chi connectivity index (χ3v) is 3.05. The van der Waals surface area contributed by atoms with Crippen LogP contribution in [0.25, 0.3) is 0 Å². The molecule has 1 aromatic rings. The number of fused-ring (bicyclic) bond motifs is 1. The van der Waals surface area contributed by atoms with E-state index in [0.717, 1.165) is 22.4 Å². The molecule has 4 nitrogen and oxygen atoms in total. The van der Waals surface area contributed by atoms with E-state index in [2.05, 4.69) is 5.32 Å². The molecule has 0 unspecified atom stereocenters. The third-order valence-electron chi connectivity index (χ3n) is 3.05. The average Bonchev–Trinajstić information content (AvgIpc) is 2.42. The van der Waals surface area contributed by atoms with E-state index in [1.807, 2.05) is 26.0 Å². The number of hydrogen-bond acceptors (Lipinski definition) is 2. The van der Waals surface area contributed by atoms with Gasteiger partial charge in [0, 0.05) is 19.5 Å². The van der Waals surface area contributed by atoms with Crippen molar-refractivity contribution in [2.45, 2.75) is 26.8 Å². The lowest BCUT2D eigenvalue weighted by Gasteiger charge is -2.12. The summed E-state index contributed by atoms with van der Waals surface area (Å²) in [4.78, 5) is 24.8. The second-order valence-corrected chi connectivity index (χ2v) is 4.55. The molecule has 1 aromatic carbocycles. The maximum atomic E-state index is 12.1. The van der Waals surface area contributed by atoms with Crippen LogP contribution in [0.4, 0.5) is 5.69 Å². The van der Waals surface area contributed by atoms with Crippen LogP contribution in [-0.4, -0.2) is 18.9 Å². The third kappa shape index (κ3) is 1.79. The van der Waals surface area contributed by atoms with Crippen LogP contribution in [-0.2, 0) is 9.59 Å². The van der Waals surface area contributed by atoms with E-state index in [-0.39, 0.29) is 11.8 Å². The van der Waals surface area contributed by atoms with Gasteiger partial charge in [0.1, 0.15) is 6.04 Å². The molecule has 2 rings (SSSR count). The molecule has 0 aromatic heterocycles. The van der Waals surface area contributed by atoms with Crippen molar-refractivity contribution in [1.82, 2.24) is 5.32 Å². The summed E-state index contributed by atoms with van der Waals surface area (Å²) in [6.07, 6.45) is 0. The minimum absolute atomic E-state index is 0.0797. The molecule has 0 saturated heterocycles. The molecule has 1 heterocycles. The highest BCUT2D eigenvalue weighted by molar-refractivity contribution is 6.06. The zero-order valence-corrected chi connectivity index (χ0v) is 10.5. The van der Waals surface area contributed by atoms with Gasteiger partial charge in [-0.1, -0.05) is 17.7 Å². The summed E-state index contributed by atoms with van der Waals surface area (Å²) in [6.45, 7) is 5.39. The number of hydrogen-bond donors (Lipinski definition) is 1. The minimum atomic E-state index is -0.536. The van der Waals surface area contributed by atoms with E-state index in [9.17, 15) is 9.59 Å². The van der Waals surface area contributed by atoms with Gasteiger partial charge in [0.05, 0.1) is 5.69 Å². The first kappa shape index (κ1) is 11.6. The van der Waals surface area contributed by atoms with Gasteiger partial charge in [0.15, 0.2) is 0 Å². The predicted molar refractivity (Wildman–Crippen MR) is 65.9 cm³/mol. The highest BCUT2D eigenvalue weighted by Crippen LogP contribution is 2.38. The lowest BCUT2D eigenvalue weighted by molar-refractivity contribution is -0.125. The van der Waals surface area contributed by atoms with Crippen molar-refractivity contribution in [1.29, 1.82) is 0 Å². The van der Waals surface area contributed by atoms with Crippen molar-refractivity contribution in [2.75, 3.05) is 11.9 Å². The summed E-state index contributed by atoms with van der Waals surface area (Å²) < 4.78 is 0. The number of amides is 2. The van der Waals surface area contributed by atoms with E-state index in [1.165, 1.54) is 6.92 Å². The average molecular weight is 232 g/mol. The number of likely N-dealkylation sites (N-methyl/N-ethyl adjacent to an activating group) is 1. The summed E-state index contributed by atoms with van der Waals surface area (Å²) >= 11 is 0. The Morgan fingerprint density at radius 3 is 2.59 bits per heavy atom. The fourth-order valence-corrected chi connectivity index (χ4v) is 2.45. The molecular weight excluding hydrogens is 216 g/mol. The number of aryl methyl sites for hydroxylation is 2. The quantitative estimate of drug-likeness (QED) is 0.796. The van der Waals surface area contributed by atoms with Crippen LogP contribution in [0.15, 0.2) is 12.1 Å². The van der Waals surface area contributed by atoms with Gasteiger partial charge in [0.2, 0.25) is 5.91 Å². The van der Waals surface area contributed by atoms with E-state index in [1.54, 1.807) is 11.9 Å². The standard InChI is InChI=1S/C13H16N2O2/c1-7-5-8(2)12-10(6-7)11(14-9(3)16)13(17)15(12)4/h5-6,11H,1-4H3,(H,14,16)/t11-/m0/s1. The summed E-state index contributed by atoms with van der Waals surface area (Å²) in [5.41, 5.74) is 3.97. The number of anilines is 1. The number of nitrogens with one attached hydrogen (secondary N) is 1. The molecule has 90 valence electrons. The largest absolute Gasteiger partial charge is 0.341 e. The Morgan fingerprint density at radius 2 is 2.00 bits per heavy atom. The maximum absolute atomic E-state index is 12.1. The summed E-state index contributed by atoms with van der Waals surface area (Å²) in [6, 6.07) is 3.47. The van der Waals surface area contributed by atoms with Crippen LogP contribution < -0.4 is 10.2 Å². The molecule has 1 N–H and O–H groups in total. The predicted octanol–water partition coefficient (Wildman–Crippen LogP) is 1.46. The minimum Gasteiger partial charge on any atom is -0.341 e. The van der Waals surface area contributed by atoms with Crippen LogP contribution in [0.5, 0.6) is 0 Å². The molecule has 0 saturated carbocycles. The van der Waals surface area contributed by atoms with Gasteiger partial charge in [-0.25, -0.2) is 0 Å². The van der Waals surface area contributed by atoms with Crippen molar-refractivity contribution in [2.24, 2.45) is 0 Å². The van der Waals surface area contributed by atoms with Crippen LogP contribution >= 0.6 is 0 Å². The molecule has 17 heavy (non-hydrogen) atoms. The van der Waals surface area contributed by atoms with E-state index < -0.39 is 6.04 Å². The van der Waals surface area contributed by atoms with Crippen molar-refractivity contribution in [3.63, 3.8) is 0 Å². The Labute approximate surface area is 101 Å². The number of carbonyl (C=O) groups excluding carboxylic acids is 2. The first-order chi connectivity index (χ1) is 7.91. The van der Waals surface area contributed by atoms with Crippen LogP contribution in [0.1, 0.15) is 29.7 Å². The highest BCUT2D eigenvalue weighted by atomic mass is 16.2. The summed E-state index contributed by atoms with van der Waals surface area (Å²) in [5.74, 6) is -0.271. The van der Waals surface area contributed by atoms with Crippen LogP contribution in [0, 0.1) is 13.8 Å². The van der Waals surface area contributed by atoms with E-state index in [4.69, 9.17) is 0 Å².